The van der Waals surface area contributed by atoms with Crippen LogP contribution in [0.25, 0.3) is 0 Å². The van der Waals surface area contributed by atoms with Gasteiger partial charge in [0.05, 0.1) is 0 Å². The van der Waals surface area contributed by atoms with Crippen molar-refractivity contribution in [1.82, 2.24) is 10.2 Å². The Bertz CT molecular complexity index is 232. The standard InChI is InChI=1S/C18H38N2/c1-14(2)11-17(12-15(3)4)19-13-18(16(5)6)20-9-7-8-10-20/h14-19H,7-13H2,1-6H3. The zero-order valence-electron chi connectivity index (χ0n) is 14.8. The largest absolute Gasteiger partial charge is 0.312 e. The predicted octanol–water partition coefficient (Wildman–Crippen LogP) is 4.16. The summed E-state index contributed by atoms with van der Waals surface area (Å²) in [6.45, 7) is 17.9. The lowest BCUT2D eigenvalue weighted by Gasteiger charge is -2.33. The molecule has 0 spiro atoms. The minimum Gasteiger partial charge on any atom is -0.312 e. The van der Waals surface area contributed by atoms with E-state index in [1.807, 2.05) is 0 Å². The summed E-state index contributed by atoms with van der Waals surface area (Å²) in [5.41, 5.74) is 0. The van der Waals surface area contributed by atoms with E-state index >= 15 is 0 Å². The van der Waals surface area contributed by atoms with Crippen LogP contribution in [0.15, 0.2) is 0 Å². The molecular weight excluding hydrogens is 244 g/mol. The van der Waals surface area contributed by atoms with Crippen molar-refractivity contribution >= 4 is 0 Å². The molecule has 1 atom stereocenters. The highest BCUT2D eigenvalue weighted by molar-refractivity contribution is 4.82. The van der Waals surface area contributed by atoms with Gasteiger partial charge >= 0.3 is 0 Å². The number of nitrogens with one attached hydrogen (secondary N) is 1. The molecule has 1 aliphatic heterocycles. The van der Waals surface area contributed by atoms with Gasteiger partial charge in [-0.25, -0.2) is 0 Å². The molecule has 1 fully saturated rings. The summed E-state index contributed by atoms with van der Waals surface area (Å²) in [6, 6.07) is 1.41. The highest BCUT2D eigenvalue weighted by atomic mass is 15.2. The molecule has 1 saturated heterocycles. The summed E-state index contributed by atoms with van der Waals surface area (Å²) in [5, 5.41) is 3.90. The first-order valence-corrected chi connectivity index (χ1v) is 8.87. The molecule has 1 heterocycles. The third-order valence-corrected chi connectivity index (χ3v) is 4.51. The summed E-state index contributed by atoms with van der Waals surface area (Å²) in [7, 11) is 0. The Morgan fingerprint density at radius 3 is 1.75 bits per heavy atom. The van der Waals surface area contributed by atoms with Crippen LogP contribution in [0.3, 0.4) is 0 Å². The van der Waals surface area contributed by atoms with Gasteiger partial charge in [0.1, 0.15) is 0 Å². The Morgan fingerprint density at radius 2 is 1.35 bits per heavy atom. The first-order chi connectivity index (χ1) is 9.40. The number of nitrogens with zero attached hydrogens (tertiary/aromatic N) is 1. The number of hydrogen-bond acceptors (Lipinski definition) is 2. The molecule has 0 aromatic heterocycles. The van der Waals surface area contributed by atoms with Crippen molar-refractivity contribution in [3.63, 3.8) is 0 Å². The highest BCUT2D eigenvalue weighted by Crippen LogP contribution is 2.19. The lowest BCUT2D eigenvalue weighted by molar-refractivity contribution is 0.177. The van der Waals surface area contributed by atoms with Crippen molar-refractivity contribution < 1.29 is 0 Å². The lowest BCUT2D eigenvalue weighted by Crippen LogP contribution is -2.47. The monoisotopic (exact) mass is 282 g/mol. The molecule has 1 N–H and O–H groups in total. The van der Waals surface area contributed by atoms with E-state index in [9.17, 15) is 0 Å². The molecule has 0 aromatic carbocycles. The Morgan fingerprint density at radius 1 is 0.850 bits per heavy atom. The van der Waals surface area contributed by atoms with Crippen LogP contribution in [0.1, 0.15) is 67.2 Å². The Hall–Kier alpha value is -0.0800. The fraction of sp³-hybridized carbons (Fsp3) is 1.00. The Labute approximate surface area is 127 Å². The highest BCUT2D eigenvalue weighted by Gasteiger charge is 2.25. The zero-order valence-corrected chi connectivity index (χ0v) is 14.8. The van der Waals surface area contributed by atoms with Gasteiger partial charge in [0.2, 0.25) is 0 Å². The Balaban J connectivity index is 2.48. The van der Waals surface area contributed by atoms with E-state index in [-0.39, 0.29) is 0 Å². The minimum atomic E-state index is 0.693. The van der Waals surface area contributed by atoms with Crippen molar-refractivity contribution in [2.45, 2.75) is 79.3 Å². The number of rotatable bonds is 9. The molecule has 0 aliphatic carbocycles. The average Bonchev–Trinajstić information content (AvgIpc) is 2.80. The van der Waals surface area contributed by atoms with Crippen LogP contribution < -0.4 is 5.32 Å². The van der Waals surface area contributed by atoms with E-state index < -0.39 is 0 Å². The molecule has 2 heteroatoms. The van der Waals surface area contributed by atoms with Crippen molar-refractivity contribution in [1.29, 1.82) is 0 Å². The van der Waals surface area contributed by atoms with Crippen molar-refractivity contribution in [2.24, 2.45) is 17.8 Å². The third-order valence-electron chi connectivity index (χ3n) is 4.51. The summed E-state index contributed by atoms with van der Waals surface area (Å²) in [5.74, 6) is 2.32. The zero-order chi connectivity index (χ0) is 15.1. The number of likely N-dealkylation sites (tertiary alicyclic amines) is 1. The quantitative estimate of drug-likeness (QED) is 0.683. The van der Waals surface area contributed by atoms with Crippen LogP contribution in [0.2, 0.25) is 0 Å². The van der Waals surface area contributed by atoms with Crippen LogP contribution in [0, 0.1) is 17.8 Å². The van der Waals surface area contributed by atoms with E-state index in [0.717, 1.165) is 23.8 Å². The maximum Gasteiger partial charge on any atom is 0.0243 e. The van der Waals surface area contributed by atoms with Crippen LogP contribution in [-0.2, 0) is 0 Å². The smallest absolute Gasteiger partial charge is 0.0243 e. The molecule has 0 radical (unpaired) electrons. The lowest BCUT2D eigenvalue weighted by atomic mass is 9.94. The summed E-state index contributed by atoms with van der Waals surface area (Å²) in [4.78, 5) is 2.71. The molecule has 0 aromatic rings. The van der Waals surface area contributed by atoms with Gasteiger partial charge < -0.3 is 5.32 Å². The van der Waals surface area contributed by atoms with Gasteiger partial charge in [-0.15, -0.1) is 0 Å². The fourth-order valence-corrected chi connectivity index (χ4v) is 3.55. The summed E-state index contributed by atoms with van der Waals surface area (Å²) < 4.78 is 0. The molecule has 2 nitrogen and oxygen atoms in total. The maximum atomic E-state index is 3.90. The van der Waals surface area contributed by atoms with Crippen LogP contribution in [0.4, 0.5) is 0 Å². The average molecular weight is 283 g/mol. The van der Waals surface area contributed by atoms with Crippen molar-refractivity contribution in [3.8, 4) is 0 Å². The first-order valence-electron chi connectivity index (χ1n) is 8.87. The van der Waals surface area contributed by atoms with E-state index in [0.29, 0.717) is 6.04 Å². The summed E-state index contributed by atoms with van der Waals surface area (Å²) in [6.07, 6.45) is 5.40. The van der Waals surface area contributed by atoms with Gasteiger partial charge in [-0.3, -0.25) is 4.90 Å². The van der Waals surface area contributed by atoms with Gasteiger partial charge in [0.15, 0.2) is 0 Å². The van der Waals surface area contributed by atoms with E-state index in [4.69, 9.17) is 0 Å². The normalized spacial score (nSPS) is 18.9. The molecular formula is C18H38N2. The van der Waals surface area contributed by atoms with Gasteiger partial charge in [0.25, 0.3) is 0 Å². The van der Waals surface area contributed by atoms with Crippen molar-refractivity contribution in [3.05, 3.63) is 0 Å². The van der Waals surface area contributed by atoms with E-state index in [1.165, 1.54) is 45.3 Å². The van der Waals surface area contributed by atoms with Gasteiger partial charge in [-0.05, 0) is 56.5 Å². The Kier molecular flexibility index (Phi) is 8.13. The molecule has 1 unspecified atom stereocenters. The molecule has 0 bridgehead atoms. The van der Waals surface area contributed by atoms with E-state index in [2.05, 4.69) is 51.8 Å². The minimum absolute atomic E-state index is 0.693. The van der Waals surface area contributed by atoms with Crippen LogP contribution in [-0.4, -0.2) is 36.6 Å². The van der Waals surface area contributed by atoms with Crippen LogP contribution >= 0.6 is 0 Å². The first kappa shape index (κ1) is 18.0. The second-order valence-electron chi connectivity index (χ2n) is 7.92. The maximum absolute atomic E-state index is 3.90. The molecule has 1 aliphatic rings. The predicted molar refractivity (Wildman–Crippen MR) is 90.1 cm³/mol. The second-order valence-corrected chi connectivity index (χ2v) is 7.92. The second kappa shape index (κ2) is 9.04. The molecule has 0 amide bonds. The number of hydrogen-bond donors (Lipinski definition) is 1. The van der Waals surface area contributed by atoms with Crippen LogP contribution in [0.5, 0.6) is 0 Å². The van der Waals surface area contributed by atoms with Crippen molar-refractivity contribution in [2.75, 3.05) is 19.6 Å². The fourth-order valence-electron chi connectivity index (χ4n) is 3.55. The SMILES string of the molecule is CC(C)CC(CC(C)C)NCC(C(C)C)N1CCCC1. The van der Waals surface area contributed by atoms with Gasteiger partial charge in [-0.1, -0.05) is 41.5 Å². The van der Waals surface area contributed by atoms with E-state index in [1.54, 1.807) is 0 Å². The van der Waals surface area contributed by atoms with Gasteiger partial charge in [0, 0.05) is 18.6 Å². The molecule has 120 valence electrons. The molecule has 20 heavy (non-hydrogen) atoms. The molecule has 1 rings (SSSR count). The third kappa shape index (κ3) is 6.58. The topological polar surface area (TPSA) is 15.3 Å². The molecule has 0 saturated carbocycles. The summed E-state index contributed by atoms with van der Waals surface area (Å²) >= 11 is 0. The van der Waals surface area contributed by atoms with Gasteiger partial charge in [-0.2, -0.15) is 0 Å².